The van der Waals surface area contributed by atoms with E-state index in [1.807, 2.05) is 27.7 Å². The normalized spacial score (nSPS) is 10.8. The summed E-state index contributed by atoms with van der Waals surface area (Å²) in [6.07, 6.45) is 3.00. The van der Waals surface area contributed by atoms with Crippen molar-refractivity contribution in [2.75, 3.05) is 13.6 Å². The molecule has 0 heterocycles. The summed E-state index contributed by atoms with van der Waals surface area (Å²) in [5, 5.41) is 0. The summed E-state index contributed by atoms with van der Waals surface area (Å²) in [6.45, 7) is 7.40. The van der Waals surface area contributed by atoms with Gasteiger partial charge >= 0.3 is 11.9 Å². The second kappa shape index (κ2) is 10.8. The minimum absolute atomic E-state index is 0.0873. The van der Waals surface area contributed by atoms with Crippen molar-refractivity contribution in [1.29, 1.82) is 0 Å². The van der Waals surface area contributed by atoms with E-state index in [1.54, 1.807) is 0 Å². The van der Waals surface area contributed by atoms with Crippen molar-refractivity contribution in [2.24, 2.45) is 11.8 Å². The van der Waals surface area contributed by atoms with E-state index in [-0.39, 0.29) is 37.4 Å². The van der Waals surface area contributed by atoms with Gasteiger partial charge < -0.3 is 14.2 Å². The quantitative estimate of drug-likeness (QED) is 0.348. The van der Waals surface area contributed by atoms with Crippen LogP contribution in [0.1, 0.15) is 53.4 Å². The summed E-state index contributed by atoms with van der Waals surface area (Å²) in [4.78, 5) is 23.0. The van der Waals surface area contributed by atoms with Gasteiger partial charge in [0.2, 0.25) is 0 Å². The van der Waals surface area contributed by atoms with E-state index in [0.717, 1.165) is 25.7 Å². The topological polar surface area (TPSA) is 61.8 Å². The highest BCUT2D eigenvalue weighted by Crippen LogP contribution is 2.10. The first-order valence-electron chi connectivity index (χ1n) is 7.01. The largest absolute Gasteiger partial charge is 0.438 e. The highest BCUT2D eigenvalue weighted by molar-refractivity contribution is 5.72. The first-order valence-corrected chi connectivity index (χ1v) is 7.01. The van der Waals surface area contributed by atoms with Crippen LogP contribution in [-0.2, 0) is 23.8 Å². The molecule has 0 unspecified atom stereocenters. The number of hydrogen-bond acceptors (Lipinski definition) is 5. The smallest absolute Gasteiger partial charge is 0.311 e. The van der Waals surface area contributed by atoms with Gasteiger partial charge in [-0.25, -0.2) is 0 Å². The van der Waals surface area contributed by atoms with Gasteiger partial charge in [-0.3, -0.25) is 9.59 Å². The van der Waals surface area contributed by atoms with Crippen molar-refractivity contribution in [3.05, 3.63) is 0 Å². The van der Waals surface area contributed by atoms with Crippen LogP contribution in [-0.4, -0.2) is 25.5 Å². The fourth-order valence-corrected chi connectivity index (χ4v) is 1.71. The zero-order valence-corrected chi connectivity index (χ0v) is 12.4. The molecule has 19 heavy (non-hydrogen) atoms. The fraction of sp³-hybridized carbons (Fsp3) is 0.857. The molecule has 0 spiro atoms. The average Bonchev–Trinajstić information content (AvgIpc) is 2.41. The molecule has 0 rings (SSSR count). The zero-order chi connectivity index (χ0) is 14.7. The maximum absolute atomic E-state index is 11.5. The Balaban J connectivity index is 3.70. The third-order valence-electron chi connectivity index (χ3n) is 3.21. The minimum atomic E-state index is -0.267. The van der Waals surface area contributed by atoms with Gasteiger partial charge in [-0.15, -0.1) is 0 Å². The second-order valence-electron chi connectivity index (χ2n) is 4.39. The molecule has 0 aliphatic heterocycles. The molecule has 0 aliphatic rings. The zero-order valence-electron chi connectivity index (χ0n) is 12.4. The molecule has 5 heteroatoms. The molecule has 5 nitrogen and oxygen atoms in total. The molecule has 0 amide bonds. The van der Waals surface area contributed by atoms with Gasteiger partial charge in [-0.05, 0) is 25.7 Å². The molecule has 0 aromatic rings. The van der Waals surface area contributed by atoms with Crippen molar-refractivity contribution < 1.29 is 23.8 Å². The Kier molecular flexibility index (Phi) is 10.2. The predicted molar refractivity (Wildman–Crippen MR) is 71.1 cm³/mol. The molecular formula is C14H26O5. The number of carbonyl (C=O) groups excluding carboxylic acids is 2. The number of rotatable bonds is 10. The number of ether oxygens (including phenoxy) is 3. The van der Waals surface area contributed by atoms with Gasteiger partial charge in [0.25, 0.3) is 0 Å². The van der Waals surface area contributed by atoms with Crippen LogP contribution in [0.15, 0.2) is 0 Å². The molecule has 0 aromatic carbocycles. The molecule has 0 radical (unpaired) electrons. The average molecular weight is 274 g/mol. The lowest BCUT2D eigenvalue weighted by molar-refractivity contribution is -0.181. The number of carbonyl (C=O) groups is 2. The van der Waals surface area contributed by atoms with Crippen LogP contribution in [0.5, 0.6) is 0 Å². The van der Waals surface area contributed by atoms with Crippen molar-refractivity contribution in [3.63, 3.8) is 0 Å². The van der Waals surface area contributed by atoms with Gasteiger partial charge in [0, 0.05) is 0 Å². The summed E-state index contributed by atoms with van der Waals surface area (Å²) in [6, 6.07) is 0. The lowest BCUT2D eigenvalue weighted by Gasteiger charge is -2.13. The molecule has 0 saturated heterocycles. The highest BCUT2D eigenvalue weighted by Gasteiger charge is 2.17. The summed E-state index contributed by atoms with van der Waals surface area (Å²) < 4.78 is 14.8. The van der Waals surface area contributed by atoms with Crippen molar-refractivity contribution in [3.8, 4) is 0 Å². The lowest BCUT2D eigenvalue weighted by atomic mass is 10.0. The van der Waals surface area contributed by atoms with E-state index in [0.29, 0.717) is 0 Å². The molecule has 0 N–H and O–H groups in total. The minimum Gasteiger partial charge on any atom is -0.438 e. The van der Waals surface area contributed by atoms with E-state index < -0.39 is 0 Å². The van der Waals surface area contributed by atoms with Crippen LogP contribution in [0.3, 0.4) is 0 Å². The van der Waals surface area contributed by atoms with E-state index in [4.69, 9.17) is 14.2 Å². The summed E-state index contributed by atoms with van der Waals surface area (Å²) in [5.74, 6) is -0.709. The molecule has 0 fully saturated rings. The van der Waals surface area contributed by atoms with Gasteiger partial charge in [-0.1, -0.05) is 27.7 Å². The number of esters is 2. The molecule has 0 atom stereocenters. The third kappa shape index (κ3) is 7.15. The Morgan fingerprint density at radius 2 is 1.05 bits per heavy atom. The maximum atomic E-state index is 11.5. The van der Waals surface area contributed by atoms with E-state index in [1.165, 1.54) is 0 Å². The Morgan fingerprint density at radius 3 is 1.32 bits per heavy atom. The molecule has 112 valence electrons. The lowest BCUT2D eigenvalue weighted by Crippen LogP contribution is -2.21. The second-order valence-corrected chi connectivity index (χ2v) is 4.39. The van der Waals surface area contributed by atoms with Gasteiger partial charge in [0.05, 0.1) is 11.8 Å². The van der Waals surface area contributed by atoms with Crippen LogP contribution in [0.4, 0.5) is 0 Å². The molecule has 0 bridgehead atoms. The fourth-order valence-electron chi connectivity index (χ4n) is 1.71. The van der Waals surface area contributed by atoms with Crippen LogP contribution in [0.25, 0.3) is 0 Å². The molecule has 0 aromatic heterocycles. The van der Waals surface area contributed by atoms with Crippen molar-refractivity contribution >= 4 is 11.9 Å². The molecular weight excluding hydrogens is 248 g/mol. The third-order valence-corrected chi connectivity index (χ3v) is 3.21. The molecule has 0 saturated carbocycles. The predicted octanol–water partition coefficient (Wildman–Crippen LogP) is 2.88. The van der Waals surface area contributed by atoms with E-state index in [9.17, 15) is 9.59 Å². The maximum Gasteiger partial charge on any atom is 0.311 e. The standard InChI is InChI=1S/C14H26O5/c1-5-11(6-2)13(15)18-9-17-10-19-14(16)12(7-3)8-4/h11-12H,5-10H2,1-4H3. The first kappa shape index (κ1) is 17.9. The van der Waals surface area contributed by atoms with Crippen LogP contribution >= 0.6 is 0 Å². The van der Waals surface area contributed by atoms with Gasteiger partial charge in [0.15, 0.2) is 13.6 Å². The Morgan fingerprint density at radius 1 is 0.737 bits per heavy atom. The Labute approximate surface area is 115 Å². The Hall–Kier alpha value is -1.10. The molecule has 0 aliphatic carbocycles. The van der Waals surface area contributed by atoms with E-state index >= 15 is 0 Å². The van der Waals surface area contributed by atoms with Crippen molar-refractivity contribution in [2.45, 2.75) is 53.4 Å². The highest BCUT2D eigenvalue weighted by atomic mass is 16.8. The van der Waals surface area contributed by atoms with Crippen LogP contribution < -0.4 is 0 Å². The van der Waals surface area contributed by atoms with Crippen LogP contribution in [0, 0.1) is 11.8 Å². The summed E-state index contributed by atoms with van der Waals surface area (Å²) >= 11 is 0. The first-order chi connectivity index (χ1) is 9.10. The monoisotopic (exact) mass is 274 g/mol. The van der Waals surface area contributed by atoms with Crippen LogP contribution in [0.2, 0.25) is 0 Å². The Bertz CT molecular complexity index is 231. The summed E-state index contributed by atoms with van der Waals surface area (Å²) in [5.41, 5.74) is 0. The van der Waals surface area contributed by atoms with Crippen molar-refractivity contribution in [1.82, 2.24) is 0 Å². The van der Waals surface area contributed by atoms with Gasteiger partial charge in [-0.2, -0.15) is 0 Å². The summed E-state index contributed by atoms with van der Waals surface area (Å²) in [7, 11) is 0. The van der Waals surface area contributed by atoms with E-state index in [2.05, 4.69) is 0 Å². The number of hydrogen-bond donors (Lipinski definition) is 0. The SMILES string of the molecule is CCC(CC)C(=O)OCOCOC(=O)C(CC)CC. The van der Waals surface area contributed by atoms with Gasteiger partial charge in [0.1, 0.15) is 0 Å².